The van der Waals surface area contributed by atoms with Crippen LogP contribution in [0.5, 0.6) is 5.75 Å². The molecule has 2 aromatic rings. The molecule has 0 heterocycles. The van der Waals surface area contributed by atoms with Crippen molar-refractivity contribution in [3.63, 3.8) is 0 Å². The lowest BCUT2D eigenvalue weighted by Crippen LogP contribution is -2.19. The topological polar surface area (TPSA) is 9.23 Å². The first kappa shape index (κ1) is 17.5. The number of halogens is 1. The first-order valence-corrected chi connectivity index (χ1v) is 11.5. The van der Waals surface area contributed by atoms with E-state index in [0.29, 0.717) is 0 Å². The highest BCUT2D eigenvalue weighted by atomic mass is 79.9. The van der Waals surface area contributed by atoms with Crippen LogP contribution in [0.4, 0.5) is 0 Å². The van der Waals surface area contributed by atoms with Crippen molar-refractivity contribution in [2.45, 2.75) is 52.1 Å². The average molecular weight is 378 g/mol. The monoisotopic (exact) mass is 377 g/mol. The predicted molar refractivity (Wildman–Crippen MR) is 103 cm³/mol. The van der Waals surface area contributed by atoms with Crippen LogP contribution in [-0.2, 0) is 11.8 Å². The predicted octanol–water partition coefficient (Wildman–Crippen LogP) is 6.09. The van der Waals surface area contributed by atoms with Crippen molar-refractivity contribution < 1.29 is 4.43 Å². The van der Waals surface area contributed by atoms with Crippen LogP contribution >= 0.6 is 15.9 Å². The van der Waals surface area contributed by atoms with Gasteiger partial charge in [-0.15, -0.1) is 0 Å². The van der Waals surface area contributed by atoms with E-state index < -0.39 is 9.04 Å². The Morgan fingerprint density at radius 1 is 1.14 bits per heavy atom. The van der Waals surface area contributed by atoms with Gasteiger partial charge in [0.1, 0.15) is 5.75 Å². The molecule has 0 aliphatic rings. The molecule has 0 atom stereocenters. The van der Waals surface area contributed by atoms with Crippen LogP contribution in [0.1, 0.15) is 38.3 Å². The molecule has 0 aromatic heterocycles. The molecular formula is C19H26BrOSi. The molecule has 0 bridgehead atoms. The van der Waals surface area contributed by atoms with E-state index in [9.17, 15) is 0 Å². The molecule has 0 saturated heterocycles. The van der Waals surface area contributed by atoms with Crippen LogP contribution < -0.4 is 4.43 Å². The minimum atomic E-state index is -0.775. The van der Waals surface area contributed by atoms with Crippen LogP contribution in [0.3, 0.4) is 0 Å². The van der Waals surface area contributed by atoms with Gasteiger partial charge in [-0.25, -0.2) is 0 Å². The van der Waals surface area contributed by atoms with E-state index >= 15 is 0 Å². The van der Waals surface area contributed by atoms with Gasteiger partial charge in [0.05, 0.1) is 0 Å². The molecule has 0 amide bonds. The van der Waals surface area contributed by atoms with Crippen molar-refractivity contribution in [2.24, 2.45) is 0 Å². The molecular weight excluding hydrogens is 352 g/mol. The van der Waals surface area contributed by atoms with E-state index in [1.165, 1.54) is 21.9 Å². The van der Waals surface area contributed by atoms with Crippen molar-refractivity contribution in [1.29, 1.82) is 0 Å². The average Bonchev–Trinajstić information content (AvgIpc) is 2.42. The lowest BCUT2D eigenvalue weighted by molar-refractivity contribution is 0.549. The van der Waals surface area contributed by atoms with Gasteiger partial charge in [-0.05, 0) is 59.3 Å². The fraction of sp³-hybridized carbons (Fsp3) is 0.474. The summed E-state index contributed by atoms with van der Waals surface area (Å²) in [4.78, 5) is 0. The third-order valence-corrected chi connectivity index (χ3v) is 4.93. The summed E-state index contributed by atoms with van der Waals surface area (Å²) in [6.07, 6.45) is 2.19. The maximum absolute atomic E-state index is 6.27. The van der Waals surface area contributed by atoms with Gasteiger partial charge in [-0.2, -0.15) is 0 Å². The number of fused-ring (bicyclic) bond motifs is 1. The first-order chi connectivity index (χ1) is 10.3. The molecule has 0 N–H and O–H groups in total. The van der Waals surface area contributed by atoms with Crippen molar-refractivity contribution >= 4 is 35.7 Å². The second kappa shape index (κ2) is 7.18. The van der Waals surface area contributed by atoms with Crippen LogP contribution in [0, 0.1) is 0 Å². The summed E-state index contributed by atoms with van der Waals surface area (Å²) in [6.45, 7) is 11.3. The minimum absolute atomic E-state index is 0.106. The number of alkyl halides is 1. The Kier molecular flexibility index (Phi) is 5.73. The molecule has 0 spiro atoms. The van der Waals surface area contributed by atoms with Gasteiger partial charge in [0.25, 0.3) is 9.04 Å². The van der Waals surface area contributed by atoms with Crippen LogP contribution in [0.15, 0.2) is 30.3 Å². The Labute approximate surface area is 144 Å². The Morgan fingerprint density at radius 2 is 1.82 bits per heavy atom. The summed E-state index contributed by atoms with van der Waals surface area (Å²) in [5, 5.41) is 3.68. The van der Waals surface area contributed by atoms with Gasteiger partial charge in [0.2, 0.25) is 0 Å². The Morgan fingerprint density at radius 3 is 2.41 bits per heavy atom. The fourth-order valence-electron chi connectivity index (χ4n) is 3.02. The Hall–Kier alpha value is -0.803. The highest BCUT2D eigenvalue weighted by molar-refractivity contribution is 9.09. The molecule has 0 saturated carbocycles. The van der Waals surface area contributed by atoms with Gasteiger partial charge in [0, 0.05) is 5.33 Å². The molecule has 1 radical (unpaired) electrons. The lowest BCUT2D eigenvalue weighted by atomic mass is 9.79. The van der Waals surface area contributed by atoms with E-state index in [2.05, 4.69) is 80.1 Å². The molecule has 22 heavy (non-hydrogen) atoms. The van der Waals surface area contributed by atoms with Crippen LogP contribution in [-0.4, -0.2) is 14.4 Å². The number of hydrogen-bond acceptors (Lipinski definition) is 1. The highest BCUT2D eigenvalue weighted by Gasteiger charge is 2.24. The zero-order valence-corrected chi connectivity index (χ0v) is 16.9. The van der Waals surface area contributed by atoms with E-state index in [-0.39, 0.29) is 5.41 Å². The van der Waals surface area contributed by atoms with Gasteiger partial charge in [-0.3, -0.25) is 0 Å². The molecule has 0 fully saturated rings. The molecule has 0 aliphatic heterocycles. The first-order valence-electron chi connectivity index (χ1n) is 7.93. The third-order valence-electron chi connectivity index (χ3n) is 3.74. The van der Waals surface area contributed by atoms with Crippen molar-refractivity contribution in [3.8, 4) is 5.75 Å². The van der Waals surface area contributed by atoms with Gasteiger partial charge >= 0.3 is 0 Å². The molecule has 1 nitrogen and oxygen atoms in total. The smallest absolute Gasteiger partial charge is 0.274 e. The van der Waals surface area contributed by atoms with E-state index in [4.69, 9.17) is 4.43 Å². The minimum Gasteiger partial charge on any atom is -0.542 e. The zero-order valence-electron chi connectivity index (χ0n) is 14.3. The quantitative estimate of drug-likeness (QED) is 0.452. The van der Waals surface area contributed by atoms with E-state index in [1.54, 1.807) is 0 Å². The summed E-state index contributed by atoms with van der Waals surface area (Å²) in [7, 11) is -0.775. The van der Waals surface area contributed by atoms with Gasteiger partial charge in [0.15, 0.2) is 0 Å². The van der Waals surface area contributed by atoms with Crippen LogP contribution in [0.25, 0.3) is 10.8 Å². The summed E-state index contributed by atoms with van der Waals surface area (Å²) in [5.41, 5.74) is 2.95. The van der Waals surface area contributed by atoms with Crippen molar-refractivity contribution in [1.82, 2.24) is 0 Å². The van der Waals surface area contributed by atoms with Crippen LogP contribution in [0.2, 0.25) is 13.1 Å². The van der Waals surface area contributed by atoms with Crippen molar-refractivity contribution in [2.75, 3.05) is 5.33 Å². The fourth-order valence-corrected chi connectivity index (χ4v) is 3.93. The van der Waals surface area contributed by atoms with Gasteiger partial charge < -0.3 is 4.43 Å². The number of rotatable bonds is 5. The standard InChI is InChI=1S/C19H26BrOSi/c1-19(2,3)18-15-10-7-6-9-14(15)13-17(21-22(4)5)16(18)11-8-12-20/h6-7,9-10,13H,8,11-12H2,1-5H3. The highest BCUT2D eigenvalue weighted by Crippen LogP contribution is 2.39. The number of benzene rings is 2. The molecule has 119 valence electrons. The molecule has 2 rings (SSSR count). The molecule has 0 aliphatic carbocycles. The van der Waals surface area contributed by atoms with E-state index in [1.807, 2.05) is 0 Å². The Bertz CT molecular complexity index is 644. The second-order valence-corrected chi connectivity index (χ2v) is 9.82. The summed E-state index contributed by atoms with van der Waals surface area (Å²) >= 11 is 3.57. The summed E-state index contributed by atoms with van der Waals surface area (Å²) < 4.78 is 6.27. The lowest BCUT2D eigenvalue weighted by Gasteiger charge is -2.28. The van der Waals surface area contributed by atoms with Crippen molar-refractivity contribution in [3.05, 3.63) is 41.5 Å². The summed E-state index contributed by atoms with van der Waals surface area (Å²) in [6, 6.07) is 10.9. The maximum Gasteiger partial charge on any atom is 0.274 e. The number of hydrogen-bond donors (Lipinski definition) is 0. The second-order valence-electron chi connectivity index (χ2n) is 7.00. The zero-order chi connectivity index (χ0) is 16.3. The van der Waals surface area contributed by atoms with Gasteiger partial charge in [-0.1, -0.05) is 61.0 Å². The Balaban J connectivity index is 2.75. The molecule has 2 aromatic carbocycles. The third kappa shape index (κ3) is 3.93. The normalized spacial score (nSPS) is 12.1. The summed E-state index contributed by atoms with van der Waals surface area (Å²) in [5.74, 6) is 1.10. The molecule has 3 heteroatoms. The SMILES string of the molecule is C[Si](C)Oc1cc2ccccc2c(C(C)(C)C)c1CCCBr. The molecule has 0 unspecified atom stereocenters. The largest absolute Gasteiger partial charge is 0.542 e. The maximum atomic E-state index is 6.27. The van der Waals surface area contributed by atoms with E-state index in [0.717, 1.165) is 23.9 Å².